The van der Waals surface area contributed by atoms with Crippen molar-refractivity contribution < 1.29 is 13.2 Å². The molecule has 0 saturated heterocycles. The summed E-state index contributed by atoms with van der Waals surface area (Å²) in [6.45, 7) is 4.67. The highest BCUT2D eigenvalue weighted by Crippen LogP contribution is 2.25. The van der Waals surface area contributed by atoms with Gasteiger partial charge in [0.05, 0.1) is 11.4 Å². The number of aryl methyl sites for hydroxylation is 2. The van der Waals surface area contributed by atoms with Crippen molar-refractivity contribution in [2.24, 2.45) is 7.05 Å². The second kappa shape index (κ2) is 10.8. The second-order valence-corrected chi connectivity index (χ2v) is 10.2. The molecule has 0 bridgehead atoms. The largest absolute Gasteiger partial charge is 0.391 e. The quantitative estimate of drug-likeness (QED) is 0.305. The number of amides is 1. The number of hydrogen-bond donors (Lipinski definition) is 2. The fourth-order valence-electron chi connectivity index (χ4n) is 3.32. The van der Waals surface area contributed by atoms with Crippen molar-refractivity contribution in [3.63, 3.8) is 0 Å². The average Bonchev–Trinajstić information content (AvgIpc) is 3.27. The van der Waals surface area contributed by atoms with Crippen LogP contribution in [0.4, 0.5) is 0 Å². The van der Waals surface area contributed by atoms with Crippen LogP contribution in [0.1, 0.15) is 31.0 Å². The predicted molar refractivity (Wildman–Crippen MR) is 133 cm³/mol. The maximum absolute atomic E-state index is 12.3. The Morgan fingerprint density at radius 1 is 1.33 bits per heavy atom. The number of nitrogens with one attached hydrogen (secondary N) is 2. The van der Waals surface area contributed by atoms with Crippen molar-refractivity contribution in [2.45, 2.75) is 26.7 Å². The minimum Gasteiger partial charge on any atom is -0.391 e. The average molecular weight is 535 g/mol. The molecule has 1 amide bonds. The van der Waals surface area contributed by atoms with Crippen LogP contribution in [-0.2, 0) is 21.9 Å². The van der Waals surface area contributed by atoms with E-state index in [1.807, 2.05) is 29.8 Å². The Hall–Kier alpha value is -2.92. The minimum absolute atomic E-state index is 0.292. The third kappa shape index (κ3) is 6.32. The molecule has 0 aliphatic rings. The maximum atomic E-state index is 12.3. The normalized spacial score (nSPS) is 12.2. The Labute approximate surface area is 201 Å². The number of carbonyl (C=O) groups is 1. The van der Waals surface area contributed by atoms with Crippen LogP contribution >= 0.6 is 15.9 Å². The van der Waals surface area contributed by atoms with Gasteiger partial charge in [-0.2, -0.15) is 5.10 Å². The first-order valence-electron chi connectivity index (χ1n) is 10.5. The Bertz CT molecular complexity index is 1310. The van der Waals surface area contributed by atoms with Gasteiger partial charge in [-0.3, -0.25) is 14.0 Å². The molecule has 11 heteroatoms. The highest BCUT2D eigenvalue weighted by Gasteiger charge is 2.17. The van der Waals surface area contributed by atoms with Gasteiger partial charge < -0.3 is 5.32 Å². The molecule has 3 aromatic heterocycles. The molecule has 33 heavy (non-hydrogen) atoms. The molecular weight excluding hydrogens is 508 g/mol. The molecule has 0 aliphatic carbocycles. The number of pyridine rings is 1. The lowest BCUT2D eigenvalue weighted by Crippen LogP contribution is -2.30. The fourth-order valence-corrected chi connectivity index (χ4v) is 4.48. The summed E-state index contributed by atoms with van der Waals surface area (Å²) in [7, 11) is -1.99. The molecule has 0 spiro atoms. The van der Waals surface area contributed by atoms with E-state index in [1.165, 1.54) is 12.2 Å². The summed E-state index contributed by atoms with van der Waals surface area (Å²) in [6.07, 6.45) is 11.5. The summed E-state index contributed by atoms with van der Waals surface area (Å²) in [6, 6.07) is 3.90. The topological polar surface area (TPSA) is 111 Å². The molecule has 3 aromatic rings. The molecule has 0 saturated carbocycles. The summed E-state index contributed by atoms with van der Waals surface area (Å²) < 4.78 is 30.8. The van der Waals surface area contributed by atoms with E-state index in [2.05, 4.69) is 43.0 Å². The molecule has 0 fully saturated rings. The number of nitrogens with zero attached hydrogens (tertiary/aromatic N) is 4. The molecule has 9 nitrogen and oxygen atoms in total. The van der Waals surface area contributed by atoms with E-state index in [-0.39, 0.29) is 5.75 Å². The summed E-state index contributed by atoms with van der Waals surface area (Å²) in [4.78, 5) is 16.8. The van der Waals surface area contributed by atoms with E-state index >= 15 is 0 Å². The smallest absolute Gasteiger partial charge is 0.257 e. The van der Waals surface area contributed by atoms with Gasteiger partial charge in [-0.05, 0) is 53.7 Å². The molecular formula is C22H27BrN6O3S. The van der Waals surface area contributed by atoms with Gasteiger partial charge >= 0.3 is 0 Å². The molecule has 2 N–H and O–H groups in total. The van der Waals surface area contributed by atoms with Crippen molar-refractivity contribution in [1.29, 1.82) is 0 Å². The number of fused-ring (bicyclic) bond motifs is 1. The van der Waals surface area contributed by atoms with Gasteiger partial charge in [0, 0.05) is 47.5 Å². The Morgan fingerprint density at radius 3 is 2.88 bits per heavy atom. The van der Waals surface area contributed by atoms with Gasteiger partial charge in [0.1, 0.15) is 11.5 Å². The maximum Gasteiger partial charge on any atom is 0.257 e. The number of unbranched alkanes of at least 4 members (excludes halogenated alkanes) is 1. The molecule has 0 unspecified atom stereocenters. The molecule has 176 valence electrons. The number of rotatable bonds is 10. The van der Waals surface area contributed by atoms with E-state index in [4.69, 9.17) is 0 Å². The third-order valence-corrected chi connectivity index (χ3v) is 6.42. The van der Waals surface area contributed by atoms with Crippen LogP contribution in [-0.4, -0.2) is 46.0 Å². The van der Waals surface area contributed by atoms with Gasteiger partial charge in [-0.15, -0.1) is 0 Å². The SMILES string of the molecule is CCCCNC=CCS(=O)(=O)NC(=O)/C=C/c1c(C)nn(C)c1-n1ccc2cc(Br)cnc21. The summed E-state index contributed by atoms with van der Waals surface area (Å²) in [5, 5.41) is 8.41. The highest BCUT2D eigenvalue weighted by molar-refractivity contribution is 9.10. The van der Waals surface area contributed by atoms with Crippen LogP contribution in [0.3, 0.4) is 0 Å². The van der Waals surface area contributed by atoms with Gasteiger partial charge in [0.15, 0.2) is 0 Å². The first-order valence-corrected chi connectivity index (χ1v) is 12.9. The molecule has 3 rings (SSSR count). The molecule has 3 heterocycles. The van der Waals surface area contributed by atoms with Crippen molar-refractivity contribution in [2.75, 3.05) is 12.3 Å². The summed E-state index contributed by atoms with van der Waals surface area (Å²) in [5.74, 6) is -0.305. The fraction of sp³-hybridized carbons (Fsp3) is 0.318. The zero-order valence-electron chi connectivity index (χ0n) is 18.7. The Morgan fingerprint density at radius 2 is 2.12 bits per heavy atom. The highest BCUT2D eigenvalue weighted by atomic mass is 79.9. The second-order valence-electron chi connectivity index (χ2n) is 7.49. The van der Waals surface area contributed by atoms with E-state index < -0.39 is 15.9 Å². The van der Waals surface area contributed by atoms with Crippen molar-refractivity contribution in [3.05, 3.63) is 58.6 Å². The van der Waals surface area contributed by atoms with Crippen LogP contribution in [0.15, 0.2) is 47.4 Å². The van der Waals surface area contributed by atoms with Crippen LogP contribution in [0, 0.1) is 6.92 Å². The first-order chi connectivity index (χ1) is 15.7. The van der Waals surface area contributed by atoms with E-state index in [1.54, 1.807) is 30.2 Å². The standard InChI is InChI=1S/C22H27BrN6O3S/c1-4-5-10-24-11-6-13-33(31,32)27-20(30)8-7-19-16(2)26-28(3)22(19)29-12-9-17-14-18(23)15-25-21(17)29/h6-9,11-12,14-15,24H,4-5,10,13H2,1-3H3,(H,27,30)/b8-7+,11-6?. The number of aromatic nitrogens is 4. The molecule has 0 aromatic carbocycles. The van der Waals surface area contributed by atoms with Crippen molar-refractivity contribution >= 4 is 49.0 Å². The lowest BCUT2D eigenvalue weighted by molar-refractivity contribution is -0.114. The van der Waals surface area contributed by atoms with Crippen LogP contribution in [0.25, 0.3) is 22.9 Å². The summed E-state index contributed by atoms with van der Waals surface area (Å²) >= 11 is 3.42. The van der Waals surface area contributed by atoms with Crippen LogP contribution in [0.2, 0.25) is 0 Å². The predicted octanol–water partition coefficient (Wildman–Crippen LogP) is 3.19. The van der Waals surface area contributed by atoms with Crippen molar-refractivity contribution in [1.82, 2.24) is 29.4 Å². The molecule has 0 radical (unpaired) electrons. The van der Waals surface area contributed by atoms with Gasteiger partial charge in [-0.25, -0.2) is 18.1 Å². The lowest BCUT2D eigenvalue weighted by Gasteiger charge is -2.07. The Kier molecular flexibility index (Phi) is 8.09. The monoisotopic (exact) mass is 534 g/mol. The number of halogens is 1. The number of carbonyl (C=O) groups excluding carboxylic acids is 1. The zero-order chi connectivity index (χ0) is 24.0. The van der Waals surface area contributed by atoms with E-state index in [9.17, 15) is 13.2 Å². The molecule has 0 aliphatic heterocycles. The van der Waals surface area contributed by atoms with Gasteiger partial charge in [0.25, 0.3) is 5.91 Å². The van der Waals surface area contributed by atoms with E-state index in [0.717, 1.165) is 34.9 Å². The third-order valence-electron chi connectivity index (χ3n) is 4.84. The van der Waals surface area contributed by atoms with Crippen LogP contribution in [0.5, 0.6) is 0 Å². The van der Waals surface area contributed by atoms with E-state index in [0.29, 0.717) is 17.1 Å². The van der Waals surface area contributed by atoms with Gasteiger partial charge in [0.2, 0.25) is 10.0 Å². The number of hydrogen-bond acceptors (Lipinski definition) is 6. The first kappa shape index (κ1) is 24.7. The van der Waals surface area contributed by atoms with Crippen molar-refractivity contribution in [3.8, 4) is 5.82 Å². The van der Waals surface area contributed by atoms with Crippen LogP contribution < -0.4 is 10.0 Å². The molecule has 0 atom stereocenters. The zero-order valence-corrected chi connectivity index (χ0v) is 21.1. The number of sulfonamides is 1. The summed E-state index contributed by atoms with van der Waals surface area (Å²) in [5.41, 5.74) is 2.12. The Balaban J connectivity index is 1.76. The lowest BCUT2D eigenvalue weighted by atomic mass is 10.2. The minimum atomic E-state index is -3.79. The van der Waals surface area contributed by atoms with Gasteiger partial charge in [-0.1, -0.05) is 19.4 Å².